The first kappa shape index (κ1) is 14.7. The number of carbonyl (C=O) groups is 2. The van der Waals surface area contributed by atoms with Crippen molar-refractivity contribution < 1.29 is 19.1 Å². The molecule has 0 heterocycles. The number of hydrogen-bond donors (Lipinski definition) is 1. The second-order valence-corrected chi connectivity index (χ2v) is 4.78. The standard InChI is InChI=1S/C16H14FNO3/c1-18(2)15(19)12-5-3-4-10(8-12)11-6-7-14(17)13(9-11)16(20)21/h3-9H,1-2H3,(H,20,21). The van der Waals surface area contributed by atoms with Gasteiger partial charge in [0.15, 0.2) is 0 Å². The number of amides is 1. The van der Waals surface area contributed by atoms with Gasteiger partial charge in [-0.3, -0.25) is 4.79 Å². The van der Waals surface area contributed by atoms with Gasteiger partial charge in [-0.25, -0.2) is 9.18 Å². The number of carboxylic acids is 1. The maximum absolute atomic E-state index is 13.4. The van der Waals surface area contributed by atoms with Crippen LogP contribution in [0.4, 0.5) is 4.39 Å². The first-order valence-electron chi connectivity index (χ1n) is 6.25. The van der Waals surface area contributed by atoms with E-state index in [1.807, 2.05) is 0 Å². The number of rotatable bonds is 3. The minimum absolute atomic E-state index is 0.155. The average molecular weight is 287 g/mol. The lowest BCUT2D eigenvalue weighted by atomic mass is 10.0. The third kappa shape index (κ3) is 3.08. The molecule has 108 valence electrons. The molecule has 0 aliphatic carbocycles. The van der Waals surface area contributed by atoms with Crippen LogP contribution in [0, 0.1) is 5.82 Å². The van der Waals surface area contributed by atoms with Gasteiger partial charge in [-0.1, -0.05) is 18.2 Å². The van der Waals surface area contributed by atoms with E-state index in [0.717, 1.165) is 6.07 Å². The molecule has 1 amide bonds. The molecule has 0 saturated heterocycles. The Balaban J connectivity index is 2.48. The Bertz CT molecular complexity index is 710. The molecule has 0 unspecified atom stereocenters. The summed E-state index contributed by atoms with van der Waals surface area (Å²) in [5.74, 6) is -2.26. The van der Waals surface area contributed by atoms with E-state index in [1.165, 1.54) is 17.0 Å². The second-order valence-electron chi connectivity index (χ2n) is 4.78. The zero-order valence-electron chi connectivity index (χ0n) is 11.6. The van der Waals surface area contributed by atoms with Crippen molar-refractivity contribution in [3.05, 3.63) is 59.4 Å². The van der Waals surface area contributed by atoms with Crippen LogP contribution in [0.25, 0.3) is 11.1 Å². The van der Waals surface area contributed by atoms with Gasteiger partial charge < -0.3 is 10.0 Å². The monoisotopic (exact) mass is 287 g/mol. The van der Waals surface area contributed by atoms with Crippen LogP contribution in [-0.4, -0.2) is 36.0 Å². The number of nitrogens with zero attached hydrogens (tertiary/aromatic N) is 1. The topological polar surface area (TPSA) is 57.6 Å². The fraction of sp³-hybridized carbons (Fsp3) is 0.125. The van der Waals surface area contributed by atoms with Crippen LogP contribution in [0.5, 0.6) is 0 Å². The number of aromatic carboxylic acids is 1. The molecule has 2 aromatic carbocycles. The lowest BCUT2D eigenvalue weighted by Crippen LogP contribution is -2.21. The molecule has 5 heteroatoms. The highest BCUT2D eigenvalue weighted by atomic mass is 19.1. The van der Waals surface area contributed by atoms with Gasteiger partial charge in [0.05, 0.1) is 5.56 Å². The third-order valence-corrected chi connectivity index (χ3v) is 3.05. The van der Waals surface area contributed by atoms with Gasteiger partial charge in [0.1, 0.15) is 5.82 Å². The van der Waals surface area contributed by atoms with E-state index in [9.17, 15) is 14.0 Å². The lowest BCUT2D eigenvalue weighted by Gasteiger charge is -2.11. The van der Waals surface area contributed by atoms with Crippen molar-refractivity contribution in [1.29, 1.82) is 0 Å². The third-order valence-electron chi connectivity index (χ3n) is 3.05. The number of benzene rings is 2. The van der Waals surface area contributed by atoms with Crippen LogP contribution in [0.15, 0.2) is 42.5 Å². The van der Waals surface area contributed by atoms with Crippen molar-refractivity contribution in [1.82, 2.24) is 4.90 Å². The molecule has 21 heavy (non-hydrogen) atoms. The van der Waals surface area contributed by atoms with Crippen molar-refractivity contribution in [3.8, 4) is 11.1 Å². The normalized spacial score (nSPS) is 10.2. The Hall–Kier alpha value is -2.69. The maximum Gasteiger partial charge on any atom is 0.338 e. The highest BCUT2D eigenvalue weighted by molar-refractivity contribution is 5.95. The van der Waals surface area contributed by atoms with Crippen molar-refractivity contribution in [2.75, 3.05) is 14.1 Å². The summed E-state index contributed by atoms with van der Waals surface area (Å²) in [6, 6.07) is 10.6. The molecule has 0 saturated carbocycles. The molecule has 1 N–H and O–H groups in total. The van der Waals surface area contributed by atoms with Gasteiger partial charge in [-0.2, -0.15) is 0 Å². The Morgan fingerprint density at radius 1 is 1.05 bits per heavy atom. The van der Waals surface area contributed by atoms with E-state index in [4.69, 9.17) is 5.11 Å². The zero-order valence-corrected chi connectivity index (χ0v) is 11.6. The molecule has 0 fully saturated rings. The predicted octanol–water partition coefficient (Wildman–Crippen LogP) is 2.89. The van der Waals surface area contributed by atoms with Crippen LogP contribution >= 0.6 is 0 Å². The summed E-state index contributed by atoms with van der Waals surface area (Å²) in [6.07, 6.45) is 0. The Kier molecular flexibility index (Phi) is 4.03. The number of halogens is 1. The molecule has 2 aromatic rings. The van der Waals surface area contributed by atoms with Crippen molar-refractivity contribution in [2.24, 2.45) is 0 Å². The lowest BCUT2D eigenvalue weighted by molar-refractivity contribution is 0.0691. The SMILES string of the molecule is CN(C)C(=O)c1cccc(-c2ccc(F)c(C(=O)O)c2)c1. The number of carboxylic acid groups (broad SMARTS) is 1. The van der Waals surface area contributed by atoms with E-state index >= 15 is 0 Å². The van der Waals surface area contributed by atoms with E-state index in [0.29, 0.717) is 16.7 Å². The fourth-order valence-corrected chi connectivity index (χ4v) is 1.96. The average Bonchev–Trinajstić information content (AvgIpc) is 2.46. The van der Waals surface area contributed by atoms with Crippen molar-refractivity contribution >= 4 is 11.9 Å². The van der Waals surface area contributed by atoms with E-state index in [1.54, 1.807) is 38.4 Å². The van der Waals surface area contributed by atoms with E-state index in [2.05, 4.69) is 0 Å². The second kappa shape index (κ2) is 5.75. The summed E-state index contributed by atoms with van der Waals surface area (Å²) < 4.78 is 13.4. The van der Waals surface area contributed by atoms with Crippen molar-refractivity contribution in [2.45, 2.75) is 0 Å². The number of carbonyl (C=O) groups excluding carboxylic acids is 1. The van der Waals surface area contributed by atoms with Gasteiger partial charge in [0, 0.05) is 19.7 Å². The molecule has 0 radical (unpaired) electrons. The van der Waals surface area contributed by atoms with Crippen LogP contribution < -0.4 is 0 Å². The minimum atomic E-state index is -1.32. The smallest absolute Gasteiger partial charge is 0.338 e. The first-order valence-corrected chi connectivity index (χ1v) is 6.25. The largest absolute Gasteiger partial charge is 0.478 e. The fourth-order valence-electron chi connectivity index (χ4n) is 1.96. The summed E-state index contributed by atoms with van der Waals surface area (Å²) in [5.41, 5.74) is 1.29. The van der Waals surface area contributed by atoms with E-state index < -0.39 is 17.3 Å². The Labute approximate surface area is 121 Å². The quantitative estimate of drug-likeness (QED) is 0.944. The van der Waals surface area contributed by atoms with Crippen LogP contribution in [-0.2, 0) is 0 Å². The van der Waals surface area contributed by atoms with Crippen LogP contribution in [0.3, 0.4) is 0 Å². The minimum Gasteiger partial charge on any atom is -0.478 e. The molecule has 0 spiro atoms. The summed E-state index contributed by atoms with van der Waals surface area (Å²) >= 11 is 0. The molecule has 0 bridgehead atoms. The van der Waals surface area contributed by atoms with Gasteiger partial charge in [0.25, 0.3) is 5.91 Å². The van der Waals surface area contributed by atoms with Gasteiger partial charge >= 0.3 is 5.97 Å². The molecule has 0 aliphatic rings. The highest BCUT2D eigenvalue weighted by Crippen LogP contribution is 2.23. The summed E-state index contributed by atoms with van der Waals surface area (Å²) in [5, 5.41) is 8.95. The maximum atomic E-state index is 13.4. The summed E-state index contributed by atoms with van der Waals surface area (Å²) in [6.45, 7) is 0. The van der Waals surface area contributed by atoms with Crippen molar-refractivity contribution in [3.63, 3.8) is 0 Å². The highest BCUT2D eigenvalue weighted by Gasteiger charge is 2.13. The molecule has 0 aliphatic heterocycles. The molecular formula is C16H14FNO3. The Morgan fingerprint density at radius 3 is 2.33 bits per heavy atom. The first-order chi connectivity index (χ1) is 9.90. The molecule has 0 atom stereocenters. The molecule has 4 nitrogen and oxygen atoms in total. The van der Waals surface area contributed by atoms with Crippen LogP contribution in [0.2, 0.25) is 0 Å². The molecule has 2 rings (SSSR count). The van der Waals surface area contributed by atoms with Gasteiger partial charge in [-0.05, 0) is 35.4 Å². The zero-order chi connectivity index (χ0) is 15.6. The predicted molar refractivity (Wildman–Crippen MR) is 76.8 cm³/mol. The molecular weight excluding hydrogens is 273 g/mol. The van der Waals surface area contributed by atoms with Crippen LogP contribution in [0.1, 0.15) is 20.7 Å². The van der Waals surface area contributed by atoms with Gasteiger partial charge in [0.2, 0.25) is 0 Å². The summed E-state index contributed by atoms with van der Waals surface area (Å²) in [4.78, 5) is 24.3. The van der Waals surface area contributed by atoms with Gasteiger partial charge in [-0.15, -0.1) is 0 Å². The Morgan fingerprint density at radius 2 is 1.71 bits per heavy atom. The van der Waals surface area contributed by atoms with E-state index in [-0.39, 0.29) is 5.91 Å². The summed E-state index contributed by atoms with van der Waals surface area (Å²) in [7, 11) is 3.30. The number of hydrogen-bond acceptors (Lipinski definition) is 2. The molecule has 0 aromatic heterocycles.